The van der Waals surface area contributed by atoms with Crippen molar-refractivity contribution in [3.63, 3.8) is 0 Å². The number of anilines is 2. The van der Waals surface area contributed by atoms with Crippen LogP contribution in [-0.4, -0.2) is 46.7 Å². The van der Waals surface area contributed by atoms with Crippen molar-refractivity contribution in [2.75, 3.05) is 48.5 Å². The lowest BCUT2D eigenvalue weighted by Gasteiger charge is -2.30. The van der Waals surface area contributed by atoms with Crippen molar-refractivity contribution in [1.29, 1.82) is 0 Å². The van der Waals surface area contributed by atoms with Gasteiger partial charge in [0.05, 0.1) is 35.4 Å². The van der Waals surface area contributed by atoms with Crippen molar-refractivity contribution in [3.05, 3.63) is 59.4 Å². The van der Waals surface area contributed by atoms with Crippen molar-refractivity contribution in [2.45, 2.75) is 12.2 Å². The summed E-state index contributed by atoms with van der Waals surface area (Å²) < 4.78 is 82.0. The summed E-state index contributed by atoms with van der Waals surface area (Å²) in [6.45, 7) is 0.450. The molecule has 1 aliphatic rings. The Labute approximate surface area is 172 Å². The van der Waals surface area contributed by atoms with Crippen LogP contribution in [0.25, 0.3) is 0 Å². The van der Waals surface area contributed by atoms with Gasteiger partial charge in [-0.2, -0.15) is 13.2 Å². The van der Waals surface area contributed by atoms with Gasteiger partial charge in [-0.25, -0.2) is 12.8 Å². The highest BCUT2D eigenvalue weighted by Crippen LogP contribution is 2.32. The van der Waals surface area contributed by atoms with Gasteiger partial charge in [0, 0.05) is 25.9 Å². The van der Waals surface area contributed by atoms with Crippen LogP contribution < -0.4 is 10.2 Å². The zero-order valence-electron chi connectivity index (χ0n) is 16.2. The molecule has 1 N–H and O–H groups in total. The lowest BCUT2D eigenvalue weighted by Crippen LogP contribution is -2.40. The highest BCUT2D eigenvalue weighted by molar-refractivity contribution is 7.91. The molecule has 5 nitrogen and oxygen atoms in total. The van der Waals surface area contributed by atoms with E-state index in [1.807, 2.05) is 0 Å². The number of alkyl halides is 3. The van der Waals surface area contributed by atoms with Crippen molar-refractivity contribution >= 4 is 21.2 Å². The van der Waals surface area contributed by atoms with Gasteiger partial charge in [0.15, 0.2) is 9.84 Å². The van der Waals surface area contributed by atoms with Gasteiger partial charge in [0.1, 0.15) is 5.82 Å². The first-order valence-corrected chi connectivity index (χ1v) is 11.1. The molecule has 2 aromatic rings. The van der Waals surface area contributed by atoms with Gasteiger partial charge < -0.3 is 15.0 Å². The number of nitrogens with zero attached hydrogens (tertiary/aromatic N) is 1. The van der Waals surface area contributed by atoms with Gasteiger partial charge in [0.2, 0.25) is 0 Å². The van der Waals surface area contributed by atoms with Gasteiger partial charge in [-0.05, 0) is 35.9 Å². The first-order valence-electron chi connectivity index (χ1n) is 9.26. The molecule has 1 heterocycles. The SMILES string of the molecule is COCC(Nc1ccc(F)c(N2CCS(=O)(=O)CC2)c1)c1cccc(C(F)(F)F)c1. The molecule has 1 fully saturated rings. The number of hydrogen-bond acceptors (Lipinski definition) is 5. The standard InChI is InChI=1S/C20H22F4N2O3S/c1-29-13-18(14-3-2-4-15(11-14)20(22,23)24)25-16-5-6-17(21)19(12-16)26-7-9-30(27,28)10-8-26/h2-6,11-12,18,25H,7-10,13H2,1H3. The minimum Gasteiger partial charge on any atom is -0.382 e. The molecule has 164 valence electrons. The third kappa shape index (κ3) is 5.42. The van der Waals surface area contributed by atoms with Crippen LogP contribution in [0, 0.1) is 5.82 Å². The van der Waals surface area contributed by atoms with E-state index in [-0.39, 0.29) is 36.9 Å². The Bertz CT molecular complexity index is 982. The van der Waals surface area contributed by atoms with Crippen molar-refractivity contribution < 1.29 is 30.7 Å². The lowest BCUT2D eigenvalue weighted by atomic mass is 10.0. The number of halogens is 4. The Hall–Kier alpha value is -2.33. The fourth-order valence-corrected chi connectivity index (χ4v) is 4.52. The van der Waals surface area contributed by atoms with Crippen LogP contribution in [-0.2, 0) is 20.8 Å². The highest BCUT2D eigenvalue weighted by atomic mass is 32.2. The van der Waals surface area contributed by atoms with Crippen molar-refractivity contribution in [2.24, 2.45) is 0 Å². The summed E-state index contributed by atoms with van der Waals surface area (Å²) >= 11 is 0. The molecule has 0 saturated carbocycles. The van der Waals surface area contributed by atoms with E-state index >= 15 is 0 Å². The van der Waals surface area contributed by atoms with E-state index < -0.39 is 33.4 Å². The molecule has 1 atom stereocenters. The van der Waals surface area contributed by atoms with Gasteiger partial charge in [-0.1, -0.05) is 12.1 Å². The Morgan fingerprint density at radius 3 is 2.47 bits per heavy atom. The Morgan fingerprint density at radius 2 is 1.83 bits per heavy atom. The van der Waals surface area contributed by atoms with Crippen LogP contribution in [0.1, 0.15) is 17.2 Å². The molecule has 0 aliphatic carbocycles. The molecule has 0 bridgehead atoms. The van der Waals surface area contributed by atoms with E-state index in [1.54, 1.807) is 11.0 Å². The molecule has 0 radical (unpaired) electrons. The first-order chi connectivity index (χ1) is 14.1. The third-order valence-corrected chi connectivity index (χ3v) is 6.53. The van der Waals surface area contributed by atoms with Crippen LogP contribution in [0.3, 0.4) is 0 Å². The Kier molecular flexibility index (Phi) is 6.56. The van der Waals surface area contributed by atoms with Gasteiger partial charge in [-0.3, -0.25) is 0 Å². The summed E-state index contributed by atoms with van der Waals surface area (Å²) in [4.78, 5) is 1.65. The predicted octanol–water partition coefficient (Wildman–Crippen LogP) is 3.88. The average Bonchev–Trinajstić information content (AvgIpc) is 2.69. The molecule has 10 heteroatoms. The smallest absolute Gasteiger partial charge is 0.382 e. The number of ether oxygens (including phenoxy) is 1. The molecule has 2 aromatic carbocycles. The number of methoxy groups -OCH3 is 1. The molecular formula is C20H22F4N2O3S. The van der Waals surface area contributed by atoms with Gasteiger partial charge >= 0.3 is 6.18 Å². The van der Waals surface area contributed by atoms with E-state index in [0.717, 1.165) is 12.1 Å². The number of rotatable bonds is 6. The second kappa shape index (κ2) is 8.81. The summed E-state index contributed by atoms with van der Waals surface area (Å²) in [5.41, 5.74) is 0.341. The molecule has 1 saturated heterocycles. The topological polar surface area (TPSA) is 58.6 Å². The number of nitrogens with one attached hydrogen (secondary N) is 1. The summed E-state index contributed by atoms with van der Waals surface area (Å²) in [5.74, 6) is -0.608. The maximum Gasteiger partial charge on any atom is 0.416 e. The van der Waals surface area contributed by atoms with Crippen LogP contribution in [0.4, 0.5) is 28.9 Å². The zero-order chi connectivity index (χ0) is 21.9. The van der Waals surface area contributed by atoms with Crippen LogP contribution >= 0.6 is 0 Å². The number of hydrogen-bond donors (Lipinski definition) is 1. The molecule has 0 aromatic heterocycles. The Balaban J connectivity index is 1.84. The van der Waals surface area contributed by atoms with E-state index in [0.29, 0.717) is 11.3 Å². The van der Waals surface area contributed by atoms with E-state index in [9.17, 15) is 26.0 Å². The molecule has 0 spiro atoms. The molecule has 30 heavy (non-hydrogen) atoms. The van der Waals surface area contributed by atoms with E-state index in [4.69, 9.17) is 4.74 Å². The second-order valence-corrected chi connectivity index (χ2v) is 9.38. The Morgan fingerprint density at radius 1 is 1.13 bits per heavy atom. The third-order valence-electron chi connectivity index (χ3n) is 4.92. The lowest BCUT2D eigenvalue weighted by molar-refractivity contribution is -0.137. The minimum atomic E-state index is -4.47. The summed E-state index contributed by atoms with van der Waals surface area (Å²) in [7, 11) is -1.68. The summed E-state index contributed by atoms with van der Waals surface area (Å²) in [6, 6.07) is 8.59. The summed E-state index contributed by atoms with van der Waals surface area (Å²) in [5, 5.41) is 3.09. The maximum atomic E-state index is 14.4. The minimum absolute atomic E-state index is 0.0549. The fraction of sp³-hybridized carbons (Fsp3) is 0.400. The maximum absolute atomic E-state index is 14.4. The molecule has 3 rings (SSSR count). The number of benzene rings is 2. The number of sulfone groups is 1. The van der Waals surface area contributed by atoms with Crippen molar-refractivity contribution in [3.8, 4) is 0 Å². The predicted molar refractivity (Wildman–Crippen MR) is 107 cm³/mol. The highest BCUT2D eigenvalue weighted by Gasteiger charge is 2.31. The van der Waals surface area contributed by atoms with Gasteiger partial charge in [0.25, 0.3) is 0 Å². The monoisotopic (exact) mass is 446 g/mol. The molecule has 0 amide bonds. The molecule has 1 unspecified atom stereocenters. The van der Waals surface area contributed by atoms with Crippen LogP contribution in [0.15, 0.2) is 42.5 Å². The zero-order valence-corrected chi connectivity index (χ0v) is 17.1. The van der Waals surface area contributed by atoms with Gasteiger partial charge in [-0.15, -0.1) is 0 Å². The average molecular weight is 446 g/mol. The largest absolute Gasteiger partial charge is 0.416 e. The van der Waals surface area contributed by atoms with Crippen molar-refractivity contribution in [1.82, 2.24) is 0 Å². The normalized spacial score (nSPS) is 17.6. The van der Waals surface area contributed by atoms with Crippen LogP contribution in [0.5, 0.6) is 0 Å². The second-order valence-electron chi connectivity index (χ2n) is 7.08. The molecule has 1 aliphatic heterocycles. The van der Waals surface area contributed by atoms with E-state index in [1.165, 1.54) is 31.4 Å². The quantitative estimate of drug-likeness (QED) is 0.683. The molecular weight excluding hydrogens is 424 g/mol. The fourth-order valence-electron chi connectivity index (χ4n) is 3.32. The summed E-state index contributed by atoms with van der Waals surface area (Å²) in [6.07, 6.45) is -4.47. The van der Waals surface area contributed by atoms with E-state index in [2.05, 4.69) is 5.32 Å². The van der Waals surface area contributed by atoms with Crippen LogP contribution in [0.2, 0.25) is 0 Å². The first kappa shape index (κ1) is 22.4.